The Balaban J connectivity index is 2.20. The van der Waals surface area contributed by atoms with E-state index in [1.165, 1.54) is 18.3 Å². The van der Waals surface area contributed by atoms with E-state index in [9.17, 15) is 9.18 Å². The number of hydrogen-bond acceptors (Lipinski definition) is 3. The molecular formula is C13H11ClFN3O. The molecule has 0 unspecified atom stereocenters. The Kier molecular flexibility index (Phi) is 3.66. The van der Waals surface area contributed by atoms with Crippen LogP contribution in [0.25, 0.3) is 0 Å². The van der Waals surface area contributed by atoms with Crippen LogP contribution < -0.4 is 11.1 Å². The molecule has 0 radical (unpaired) electrons. The first-order valence-corrected chi connectivity index (χ1v) is 5.83. The number of nitrogens with one attached hydrogen (secondary N) is 1. The van der Waals surface area contributed by atoms with Crippen molar-refractivity contribution in [2.45, 2.75) is 6.92 Å². The highest BCUT2D eigenvalue weighted by atomic mass is 35.5. The second-order valence-corrected chi connectivity index (χ2v) is 4.38. The maximum Gasteiger partial charge on any atom is 0.255 e. The lowest BCUT2D eigenvalue weighted by molar-refractivity contribution is 0.102. The Hall–Kier alpha value is -2.14. The van der Waals surface area contributed by atoms with Crippen LogP contribution in [0.2, 0.25) is 5.15 Å². The zero-order chi connectivity index (χ0) is 14.0. The topological polar surface area (TPSA) is 68.0 Å². The van der Waals surface area contributed by atoms with E-state index in [0.717, 1.165) is 11.6 Å². The number of nitrogen functional groups attached to an aromatic ring is 1. The highest BCUT2D eigenvalue weighted by Crippen LogP contribution is 2.18. The number of benzene rings is 1. The van der Waals surface area contributed by atoms with Crippen molar-refractivity contribution in [1.29, 1.82) is 0 Å². The lowest BCUT2D eigenvalue weighted by atomic mass is 10.2. The fraction of sp³-hybridized carbons (Fsp3) is 0.0769. The molecule has 98 valence electrons. The molecule has 1 aromatic heterocycles. The van der Waals surface area contributed by atoms with Gasteiger partial charge in [0.1, 0.15) is 11.0 Å². The van der Waals surface area contributed by atoms with Crippen molar-refractivity contribution in [3.8, 4) is 0 Å². The van der Waals surface area contributed by atoms with Gasteiger partial charge >= 0.3 is 0 Å². The lowest BCUT2D eigenvalue weighted by Gasteiger charge is -2.07. The van der Waals surface area contributed by atoms with Crippen LogP contribution in [0.15, 0.2) is 30.5 Å². The van der Waals surface area contributed by atoms with Crippen LogP contribution in [0.1, 0.15) is 15.9 Å². The molecule has 0 atom stereocenters. The molecular weight excluding hydrogens is 269 g/mol. The van der Waals surface area contributed by atoms with Gasteiger partial charge < -0.3 is 11.1 Å². The normalized spacial score (nSPS) is 10.3. The lowest BCUT2D eigenvalue weighted by Crippen LogP contribution is -2.12. The van der Waals surface area contributed by atoms with E-state index in [4.69, 9.17) is 17.3 Å². The summed E-state index contributed by atoms with van der Waals surface area (Å²) in [5.41, 5.74) is 6.76. The van der Waals surface area contributed by atoms with E-state index in [1.54, 1.807) is 13.0 Å². The van der Waals surface area contributed by atoms with Gasteiger partial charge in [-0.25, -0.2) is 9.37 Å². The fourth-order valence-electron chi connectivity index (χ4n) is 1.50. The monoisotopic (exact) mass is 279 g/mol. The van der Waals surface area contributed by atoms with Gasteiger partial charge in [-0.2, -0.15) is 0 Å². The third-order valence-electron chi connectivity index (χ3n) is 2.53. The summed E-state index contributed by atoms with van der Waals surface area (Å²) in [7, 11) is 0. The van der Waals surface area contributed by atoms with Gasteiger partial charge in [0, 0.05) is 5.56 Å². The van der Waals surface area contributed by atoms with E-state index < -0.39 is 11.7 Å². The van der Waals surface area contributed by atoms with Crippen LogP contribution in [0.5, 0.6) is 0 Å². The average Bonchev–Trinajstić information content (AvgIpc) is 2.37. The summed E-state index contributed by atoms with van der Waals surface area (Å²) >= 11 is 5.79. The third kappa shape index (κ3) is 3.00. The summed E-state index contributed by atoms with van der Waals surface area (Å²) in [4.78, 5) is 15.8. The molecule has 19 heavy (non-hydrogen) atoms. The Morgan fingerprint density at radius 1 is 1.42 bits per heavy atom. The Labute approximate surface area is 114 Å². The summed E-state index contributed by atoms with van der Waals surface area (Å²) < 4.78 is 13.3. The van der Waals surface area contributed by atoms with Gasteiger partial charge in [-0.3, -0.25) is 4.79 Å². The molecule has 4 nitrogen and oxygen atoms in total. The maximum atomic E-state index is 13.3. The molecule has 0 aliphatic rings. The molecule has 0 saturated carbocycles. The molecule has 6 heteroatoms. The predicted molar refractivity (Wildman–Crippen MR) is 72.7 cm³/mol. The Morgan fingerprint density at radius 3 is 2.79 bits per heavy atom. The highest BCUT2D eigenvalue weighted by Gasteiger charge is 2.09. The molecule has 0 bridgehead atoms. The van der Waals surface area contributed by atoms with Crippen molar-refractivity contribution in [2.75, 3.05) is 11.1 Å². The van der Waals surface area contributed by atoms with Crippen molar-refractivity contribution >= 4 is 28.9 Å². The van der Waals surface area contributed by atoms with Crippen molar-refractivity contribution in [2.24, 2.45) is 0 Å². The summed E-state index contributed by atoms with van der Waals surface area (Å²) in [6, 6.07) is 5.56. The standard InChI is InChI=1S/C13H11ClFN3O/c1-7-4-9(6-17-12(7)14)18-13(19)8-2-3-11(16)10(15)5-8/h2-6H,16H2,1H3,(H,18,19). The number of carbonyl (C=O) groups is 1. The van der Waals surface area contributed by atoms with Crippen LogP contribution in [0, 0.1) is 12.7 Å². The molecule has 2 aromatic rings. The first-order chi connectivity index (χ1) is 8.97. The Morgan fingerprint density at radius 2 is 2.16 bits per heavy atom. The molecule has 1 heterocycles. The number of halogens is 2. The summed E-state index contributed by atoms with van der Waals surface area (Å²) in [6.45, 7) is 1.77. The molecule has 1 amide bonds. The largest absolute Gasteiger partial charge is 0.396 e. The van der Waals surface area contributed by atoms with Crippen LogP contribution in [0.3, 0.4) is 0 Å². The van der Waals surface area contributed by atoms with Crippen LogP contribution in [-0.2, 0) is 0 Å². The molecule has 0 aliphatic heterocycles. The molecule has 0 fully saturated rings. The predicted octanol–water partition coefficient (Wildman–Crippen LogP) is 3.02. The Bertz CT molecular complexity index is 646. The van der Waals surface area contributed by atoms with E-state index in [0.29, 0.717) is 10.8 Å². The van der Waals surface area contributed by atoms with Crippen molar-refractivity contribution < 1.29 is 9.18 Å². The molecule has 0 saturated heterocycles. The number of aromatic nitrogens is 1. The van der Waals surface area contributed by atoms with Gasteiger partial charge in [0.25, 0.3) is 5.91 Å². The summed E-state index contributed by atoms with van der Waals surface area (Å²) in [5.74, 6) is -1.07. The molecule has 0 spiro atoms. The maximum absolute atomic E-state index is 13.3. The van der Waals surface area contributed by atoms with E-state index in [1.807, 2.05) is 0 Å². The smallest absolute Gasteiger partial charge is 0.255 e. The van der Waals surface area contributed by atoms with E-state index in [-0.39, 0.29) is 11.3 Å². The van der Waals surface area contributed by atoms with Gasteiger partial charge in [-0.1, -0.05) is 11.6 Å². The first kappa shape index (κ1) is 13.3. The third-order valence-corrected chi connectivity index (χ3v) is 2.93. The molecule has 0 aliphatic carbocycles. The fourth-order valence-corrected chi connectivity index (χ4v) is 1.60. The quantitative estimate of drug-likeness (QED) is 0.656. The number of amides is 1. The minimum atomic E-state index is -0.627. The minimum absolute atomic E-state index is 0.000513. The summed E-state index contributed by atoms with van der Waals surface area (Å²) in [6.07, 6.45) is 1.43. The van der Waals surface area contributed by atoms with Gasteiger partial charge in [0.05, 0.1) is 17.6 Å². The number of hydrogen-bond donors (Lipinski definition) is 2. The molecule has 2 rings (SSSR count). The highest BCUT2D eigenvalue weighted by molar-refractivity contribution is 6.30. The minimum Gasteiger partial charge on any atom is -0.396 e. The second-order valence-electron chi connectivity index (χ2n) is 4.02. The van der Waals surface area contributed by atoms with Crippen LogP contribution in [0.4, 0.5) is 15.8 Å². The van der Waals surface area contributed by atoms with Crippen LogP contribution in [-0.4, -0.2) is 10.9 Å². The number of nitrogens with zero attached hydrogens (tertiary/aromatic N) is 1. The molecule has 3 N–H and O–H groups in total. The SMILES string of the molecule is Cc1cc(NC(=O)c2ccc(N)c(F)c2)cnc1Cl. The zero-order valence-corrected chi connectivity index (χ0v) is 10.8. The number of rotatable bonds is 2. The van der Waals surface area contributed by atoms with Gasteiger partial charge in [-0.15, -0.1) is 0 Å². The van der Waals surface area contributed by atoms with Gasteiger partial charge in [0.15, 0.2) is 0 Å². The number of pyridine rings is 1. The van der Waals surface area contributed by atoms with Crippen LogP contribution >= 0.6 is 11.6 Å². The average molecular weight is 280 g/mol. The number of aryl methyl sites for hydroxylation is 1. The van der Waals surface area contributed by atoms with Crippen molar-refractivity contribution in [1.82, 2.24) is 4.98 Å². The number of nitrogens with two attached hydrogens (primary N) is 1. The van der Waals surface area contributed by atoms with Gasteiger partial charge in [-0.05, 0) is 36.8 Å². The zero-order valence-electron chi connectivity index (χ0n) is 10.1. The van der Waals surface area contributed by atoms with E-state index in [2.05, 4.69) is 10.3 Å². The van der Waals surface area contributed by atoms with Gasteiger partial charge in [0.2, 0.25) is 0 Å². The molecule has 1 aromatic carbocycles. The van der Waals surface area contributed by atoms with Crippen molar-refractivity contribution in [3.05, 3.63) is 52.6 Å². The van der Waals surface area contributed by atoms with E-state index >= 15 is 0 Å². The summed E-state index contributed by atoms with van der Waals surface area (Å²) in [5, 5.41) is 2.98. The van der Waals surface area contributed by atoms with Crippen molar-refractivity contribution in [3.63, 3.8) is 0 Å². The second kappa shape index (κ2) is 5.24. The first-order valence-electron chi connectivity index (χ1n) is 5.46. The number of carbonyl (C=O) groups excluding carboxylic acids is 1. The number of anilines is 2.